The Morgan fingerprint density at radius 2 is 2.00 bits per heavy atom. The minimum Gasteiger partial charge on any atom is -0.289 e. The van der Waals surface area contributed by atoms with Gasteiger partial charge in [0.15, 0.2) is 5.92 Å². The van der Waals surface area contributed by atoms with Crippen LogP contribution in [0.25, 0.3) is 0 Å². The molecule has 0 saturated heterocycles. The first-order valence-electron chi connectivity index (χ1n) is 6.15. The van der Waals surface area contributed by atoms with Gasteiger partial charge >= 0.3 is 0 Å². The molecule has 1 aliphatic carbocycles. The molecule has 1 aliphatic rings. The Morgan fingerprint density at radius 3 is 2.50 bits per heavy atom. The predicted molar refractivity (Wildman–Crippen MR) is 74.5 cm³/mol. The maximum Gasteiger partial charge on any atom is 0.266 e. The first-order chi connectivity index (χ1) is 9.17. The van der Waals surface area contributed by atoms with E-state index in [1.165, 1.54) is 0 Å². The second-order valence-electron chi connectivity index (χ2n) is 5.59. The van der Waals surface area contributed by atoms with Crippen molar-refractivity contribution in [2.75, 3.05) is 12.3 Å². The van der Waals surface area contributed by atoms with Crippen LogP contribution in [0.4, 0.5) is 0 Å². The zero-order valence-corrected chi connectivity index (χ0v) is 12.3. The summed E-state index contributed by atoms with van der Waals surface area (Å²) in [5.41, 5.74) is 1.24. The average molecular weight is 295 g/mol. The van der Waals surface area contributed by atoms with Crippen LogP contribution in [-0.4, -0.2) is 31.0 Å². The molecule has 0 amide bonds. The molecule has 0 spiro atoms. The zero-order valence-electron chi connectivity index (χ0n) is 11.5. The standard InChI is InChI=1S/C13H17N3O3S/c1-13(2)6-10(11(8-14)9-15)5-12(7-13)16-3-4-20(17,18)19/h5,11H,3-4,6-7H2,1-2H3,(H,17,18,19). The van der Waals surface area contributed by atoms with Gasteiger partial charge < -0.3 is 0 Å². The molecule has 0 saturated carbocycles. The number of nitriles is 2. The summed E-state index contributed by atoms with van der Waals surface area (Å²) in [6, 6.07) is 3.88. The molecule has 20 heavy (non-hydrogen) atoms. The second kappa shape index (κ2) is 6.17. The van der Waals surface area contributed by atoms with Gasteiger partial charge in [-0.1, -0.05) is 13.8 Å². The fourth-order valence-electron chi connectivity index (χ4n) is 2.21. The molecule has 1 rings (SSSR count). The van der Waals surface area contributed by atoms with Gasteiger partial charge in [0, 0.05) is 5.71 Å². The molecular weight excluding hydrogens is 278 g/mol. The average Bonchev–Trinajstić information content (AvgIpc) is 2.26. The second-order valence-corrected chi connectivity index (χ2v) is 7.16. The van der Waals surface area contributed by atoms with E-state index in [2.05, 4.69) is 4.99 Å². The van der Waals surface area contributed by atoms with Crippen molar-refractivity contribution in [3.8, 4) is 12.1 Å². The topological polar surface area (TPSA) is 114 Å². The van der Waals surface area contributed by atoms with Gasteiger partial charge in [0.1, 0.15) is 0 Å². The highest BCUT2D eigenvalue weighted by Crippen LogP contribution is 2.36. The van der Waals surface area contributed by atoms with Crippen LogP contribution in [0.15, 0.2) is 16.6 Å². The highest BCUT2D eigenvalue weighted by Gasteiger charge is 2.29. The molecule has 6 nitrogen and oxygen atoms in total. The van der Waals surface area contributed by atoms with Gasteiger partial charge in [0.2, 0.25) is 0 Å². The van der Waals surface area contributed by atoms with E-state index in [1.807, 2.05) is 26.0 Å². The van der Waals surface area contributed by atoms with Crippen molar-refractivity contribution < 1.29 is 13.0 Å². The summed E-state index contributed by atoms with van der Waals surface area (Å²) in [5.74, 6) is -1.23. The first-order valence-corrected chi connectivity index (χ1v) is 7.76. The van der Waals surface area contributed by atoms with E-state index in [-0.39, 0.29) is 12.0 Å². The van der Waals surface area contributed by atoms with Gasteiger partial charge in [-0.3, -0.25) is 9.55 Å². The van der Waals surface area contributed by atoms with Crippen molar-refractivity contribution in [1.29, 1.82) is 10.5 Å². The van der Waals surface area contributed by atoms with E-state index in [1.54, 1.807) is 6.08 Å². The summed E-state index contributed by atoms with van der Waals surface area (Å²) in [6.07, 6.45) is 2.98. The van der Waals surface area contributed by atoms with Crippen LogP contribution in [0, 0.1) is 34.0 Å². The molecule has 0 atom stereocenters. The summed E-state index contributed by atoms with van der Waals surface area (Å²) < 4.78 is 30.0. The van der Waals surface area contributed by atoms with Crippen LogP contribution in [0.3, 0.4) is 0 Å². The number of nitrogens with zero attached hydrogens (tertiary/aromatic N) is 3. The van der Waals surface area contributed by atoms with E-state index in [0.29, 0.717) is 24.1 Å². The van der Waals surface area contributed by atoms with Crippen LogP contribution in [0.2, 0.25) is 0 Å². The molecule has 0 unspecified atom stereocenters. The molecule has 0 fully saturated rings. The van der Waals surface area contributed by atoms with E-state index >= 15 is 0 Å². The molecule has 0 radical (unpaired) electrons. The lowest BCUT2D eigenvalue weighted by Gasteiger charge is -2.31. The monoisotopic (exact) mass is 295 g/mol. The normalized spacial score (nSPS) is 20.3. The first kappa shape index (κ1) is 16.4. The molecular formula is C13H17N3O3S. The van der Waals surface area contributed by atoms with Gasteiger partial charge in [-0.15, -0.1) is 0 Å². The Bertz CT molecular complexity index is 604. The Kier molecular flexibility index (Phi) is 5.04. The molecule has 0 heterocycles. The van der Waals surface area contributed by atoms with Crippen molar-refractivity contribution in [2.24, 2.45) is 16.3 Å². The summed E-state index contributed by atoms with van der Waals surface area (Å²) in [6.45, 7) is 3.98. The van der Waals surface area contributed by atoms with Crippen molar-refractivity contribution in [1.82, 2.24) is 0 Å². The molecule has 0 aromatic heterocycles. The van der Waals surface area contributed by atoms with Crippen molar-refractivity contribution in [3.05, 3.63) is 11.6 Å². The molecule has 0 aromatic carbocycles. The zero-order chi connectivity index (χ0) is 15.4. The Morgan fingerprint density at radius 1 is 1.40 bits per heavy atom. The minimum atomic E-state index is -4.03. The number of hydrogen-bond donors (Lipinski definition) is 1. The SMILES string of the molecule is CC1(C)CC(C(C#N)C#N)=CC(=NCCS(=O)(=O)O)C1. The van der Waals surface area contributed by atoms with Gasteiger partial charge in [-0.25, -0.2) is 0 Å². The Hall–Kier alpha value is -1.70. The van der Waals surface area contributed by atoms with Crippen molar-refractivity contribution >= 4 is 15.8 Å². The van der Waals surface area contributed by atoms with Crippen LogP contribution in [0.1, 0.15) is 26.7 Å². The van der Waals surface area contributed by atoms with Gasteiger partial charge in [-0.05, 0) is 29.9 Å². The third kappa shape index (κ3) is 5.12. The molecule has 1 N–H and O–H groups in total. The highest BCUT2D eigenvalue weighted by molar-refractivity contribution is 7.85. The van der Waals surface area contributed by atoms with Gasteiger partial charge in [0.25, 0.3) is 10.1 Å². The third-order valence-corrected chi connectivity index (χ3v) is 3.69. The number of aliphatic imine (C=N–C) groups is 1. The van der Waals surface area contributed by atoms with E-state index in [0.717, 1.165) is 0 Å². The highest BCUT2D eigenvalue weighted by atomic mass is 32.2. The van der Waals surface area contributed by atoms with Crippen molar-refractivity contribution in [3.63, 3.8) is 0 Å². The van der Waals surface area contributed by atoms with E-state index in [4.69, 9.17) is 15.1 Å². The summed E-state index contributed by atoms with van der Waals surface area (Å²) in [5, 5.41) is 17.9. The lowest BCUT2D eigenvalue weighted by molar-refractivity contribution is 0.366. The fraction of sp³-hybridized carbons (Fsp3) is 0.615. The summed E-state index contributed by atoms with van der Waals surface area (Å²) >= 11 is 0. The van der Waals surface area contributed by atoms with Crippen LogP contribution < -0.4 is 0 Å². The largest absolute Gasteiger partial charge is 0.289 e. The maximum absolute atomic E-state index is 10.7. The predicted octanol–water partition coefficient (Wildman–Crippen LogP) is 1.72. The van der Waals surface area contributed by atoms with Gasteiger partial charge in [0.05, 0.1) is 24.4 Å². The molecule has 108 valence electrons. The molecule has 0 bridgehead atoms. The third-order valence-electron chi connectivity index (χ3n) is 2.99. The quantitative estimate of drug-likeness (QED) is 0.793. The van der Waals surface area contributed by atoms with Crippen LogP contribution >= 0.6 is 0 Å². The lowest BCUT2D eigenvalue weighted by atomic mass is 9.74. The lowest BCUT2D eigenvalue weighted by Crippen LogP contribution is -2.24. The van der Waals surface area contributed by atoms with E-state index < -0.39 is 21.8 Å². The van der Waals surface area contributed by atoms with E-state index in [9.17, 15) is 8.42 Å². The van der Waals surface area contributed by atoms with Gasteiger partial charge in [-0.2, -0.15) is 18.9 Å². The summed E-state index contributed by atoms with van der Waals surface area (Å²) in [4.78, 5) is 4.15. The molecule has 7 heteroatoms. The van der Waals surface area contributed by atoms with Crippen molar-refractivity contribution in [2.45, 2.75) is 26.7 Å². The van der Waals surface area contributed by atoms with Crippen LogP contribution in [-0.2, 0) is 10.1 Å². The van der Waals surface area contributed by atoms with Crippen LogP contribution in [0.5, 0.6) is 0 Å². The Balaban J connectivity index is 2.96. The smallest absolute Gasteiger partial charge is 0.266 e. The fourth-order valence-corrected chi connectivity index (χ4v) is 2.53. The number of hydrogen-bond acceptors (Lipinski definition) is 5. The number of rotatable bonds is 4. The summed E-state index contributed by atoms with van der Waals surface area (Å²) in [7, 11) is -4.03. The number of allylic oxidation sites excluding steroid dienone is 2. The molecule has 0 aromatic rings. The maximum atomic E-state index is 10.7. The Labute approximate surface area is 119 Å². The minimum absolute atomic E-state index is 0.0300. The molecule has 0 aliphatic heterocycles.